The fourth-order valence-corrected chi connectivity index (χ4v) is 38.0. The van der Waals surface area contributed by atoms with Crippen molar-refractivity contribution >= 4 is 42.9 Å². The fourth-order valence-electron chi connectivity index (χ4n) is 8.28. The smallest absolute Gasteiger partial charge is 0.147 e. The monoisotopic (exact) mass is 803 g/mol. The molecule has 2 aliphatic carbocycles. The molecule has 4 aromatic rings. The van der Waals surface area contributed by atoms with Gasteiger partial charge in [0.25, 0.3) is 0 Å². The Morgan fingerprint density at radius 2 is 0.880 bits per heavy atom. The Balaban J connectivity index is 0.00000281. The predicted octanol–water partition coefficient (Wildman–Crippen LogP) is 11.8. The minimum absolute atomic E-state index is 0. The molecule has 0 bridgehead atoms. The number of fused-ring (bicyclic) bond motifs is 2. The van der Waals surface area contributed by atoms with Crippen LogP contribution in [0.25, 0.3) is 12.2 Å². The maximum atomic E-state index is 6.21. The predicted molar refractivity (Wildman–Crippen MR) is 217 cm³/mol. The summed E-state index contributed by atoms with van der Waals surface area (Å²) in [5, 5.41) is 0. The Labute approximate surface area is 322 Å². The zero-order valence-electron chi connectivity index (χ0n) is 31.5. The van der Waals surface area contributed by atoms with Gasteiger partial charge in [-0.2, -0.15) is 0 Å². The zero-order valence-corrected chi connectivity index (χ0v) is 36.8. The topological polar surface area (TPSA) is 18.5 Å². The third-order valence-electron chi connectivity index (χ3n) is 10.2. The van der Waals surface area contributed by atoms with Gasteiger partial charge >= 0.3 is 300 Å². The first kappa shape index (κ1) is 40.7. The molecule has 0 radical (unpaired) electrons. The average Bonchev–Trinajstić information content (AvgIpc) is 3.50. The van der Waals surface area contributed by atoms with E-state index in [2.05, 4.69) is 178 Å². The van der Waals surface area contributed by atoms with Crippen molar-refractivity contribution in [3.05, 3.63) is 153 Å². The molecule has 0 saturated heterocycles. The molecule has 2 atom stereocenters. The van der Waals surface area contributed by atoms with Crippen LogP contribution in [0.1, 0.15) is 99.9 Å². The molecule has 0 heterocycles. The zero-order chi connectivity index (χ0) is 34.5. The standard InChI is InChI=1S/2C21H23O.C2H7Si.2ClH.Zr/c2*1-15-13-18-7-5-6-8-19(18)20(15)17-11-9-16(10-12-17)14-22-21(2,3)4;1-3-2;;;/h2*5-13H,14H2,1-4H3;3H,1-2H3;2*1H;. The van der Waals surface area contributed by atoms with E-state index in [9.17, 15) is 0 Å². The molecule has 0 N–H and O–H groups in total. The molecule has 2 unspecified atom stereocenters. The molecular formula is C44H55Cl2O2SiZr. The van der Waals surface area contributed by atoms with Crippen LogP contribution in [0.5, 0.6) is 0 Å². The third kappa shape index (κ3) is 7.41. The Morgan fingerprint density at radius 3 is 1.20 bits per heavy atom. The van der Waals surface area contributed by atoms with Crippen molar-refractivity contribution in [2.75, 3.05) is 0 Å². The first-order valence-corrected chi connectivity index (χ1v) is 27.2. The minimum Gasteiger partial charge on any atom is -0.147 e. The number of hydrogen-bond acceptors (Lipinski definition) is 2. The second-order valence-corrected chi connectivity index (χ2v) is 36.1. The summed E-state index contributed by atoms with van der Waals surface area (Å²) >= 11 is -2.82. The Morgan fingerprint density at radius 1 is 0.540 bits per heavy atom. The molecule has 6 rings (SSSR count). The second-order valence-electron chi connectivity index (χ2n) is 16.1. The quantitative estimate of drug-likeness (QED) is 0.157. The van der Waals surface area contributed by atoms with E-state index in [1.54, 1.807) is 0 Å². The van der Waals surface area contributed by atoms with E-state index < -0.39 is 26.8 Å². The van der Waals surface area contributed by atoms with Gasteiger partial charge in [0.1, 0.15) is 0 Å². The number of benzene rings is 4. The molecule has 50 heavy (non-hydrogen) atoms. The van der Waals surface area contributed by atoms with Gasteiger partial charge < -0.3 is 0 Å². The van der Waals surface area contributed by atoms with Crippen LogP contribution in [0.2, 0.25) is 13.1 Å². The SMILES string of the molecule is CC1=Cc2ccccc2[C]1(c1ccc(COC(C)(C)C)cc1)[Zr]([SiH](C)C)[C]1(c2ccc(COC(C)(C)C)cc2)C(C)=Cc2ccccc21.Cl.Cl. The number of rotatable bonds is 9. The maximum absolute atomic E-state index is 6.21. The first-order chi connectivity index (χ1) is 22.7. The second kappa shape index (κ2) is 15.5. The van der Waals surface area contributed by atoms with E-state index in [0.29, 0.717) is 13.2 Å². The van der Waals surface area contributed by atoms with Crippen molar-refractivity contribution in [2.45, 2.75) is 99.1 Å². The summed E-state index contributed by atoms with van der Waals surface area (Å²) in [4.78, 5) is 0. The summed E-state index contributed by atoms with van der Waals surface area (Å²) in [6.07, 6.45) is 5.04. The summed E-state index contributed by atoms with van der Waals surface area (Å²) in [5.74, 6) is -1.29. The Kier molecular flexibility index (Phi) is 12.6. The number of hydrogen-bond donors (Lipinski definition) is 0. The van der Waals surface area contributed by atoms with Gasteiger partial charge in [0.2, 0.25) is 0 Å². The molecule has 2 nitrogen and oxygen atoms in total. The van der Waals surface area contributed by atoms with Crippen molar-refractivity contribution in [1.82, 2.24) is 0 Å². The van der Waals surface area contributed by atoms with Crippen LogP contribution in [0, 0.1) is 0 Å². The van der Waals surface area contributed by atoms with Gasteiger partial charge in [0.15, 0.2) is 0 Å². The Bertz CT molecular complexity index is 1720. The summed E-state index contributed by atoms with van der Waals surface area (Å²) in [7, 11) is 0. The van der Waals surface area contributed by atoms with Gasteiger partial charge in [-0.25, -0.2) is 0 Å². The third-order valence-corrected chi connectivity index (χ3v) is 33.6. The number of allylic oxidation sites excluding steroid dienone is 2. The number of ether oxygens (including phenoxy) is 2. The van der Waals surface area contributed by atoms with Crippen molar-refractivity contribution in [1.29, 1.82) is 0 Å². The van der Waals surface area contributed by atoms with Gasteiger partial charge in [0.05, 0.1) is 0 Å². The molecule has 6 heteroatoms. The molecular weight excluding hydrogens is 751 g/mol. The normalized spacial score (nSPS) is 19.6. The van der Waals surface area contributed by atoms with Crippen LogP contribution in [0.3, 0.4) is 0 Å². The van der Waals surface area contributed by atoms with Crippen LogP contribution in [-0.2, 0) is 49.8 Å². The summed E-state index contributed by atoms with van der Waals surface area (Å²) in [6.45, 7) is 24.2. The largest absolute Gasteiger partial charge is 0.147 e. The van der Waals surface area contributed by atoms with Gasteiger partial charge in [-0.15, -0.1) is 24.8 Å². The van der Waals surface area contributed by atoms with Gasteiger partial charge in [0, 0.05) is 0 Å². The summed E-state index contributed by atoms with van der Waals surface area (Å²) in [5.41, 5.74) is 13.9. The van der Waals surface area contributed by atoms with Crippen LogP contribution in [0.4, 0.5) is 0 Å². The van der Waals surface area contributed by atoms with Crippen LogP contribution in [-0.4, -0.2) is 17.1 Å². The molecule has 2 aliphatic rings. The van der Waals surface area contributed by atoms with E-state index in [1.165, 1.54) is 55.7 Å². The molecule has 4 aromatic carbocycles. The molecule has 0 aliphatic heterocycles. The van der Waals surface area contributed by atoms with Gasteiger partial charge in [-0.3, -0.25) is 0 Å². The van der Waals surface area contributed by atoms with E-state index in [1.807, 2.05) is 0 Å². The van der Waals surface area contributed by atoms with Crippen LogP contribution in [0.15, 0.2) is 108 Å². The van der Waals surface area contributed by atoms with Crippen molar-refractivity contribution in [2.24, 2.45) is 0 Å². The van der Waals surface area contributed by atoms with Crippen molar-refractivity contribution in [3.8, 4) is 0 Å². The molecule has 0 fully saturated rings. The molecule has 0 amide bonds. The molecule has 265 valence electrons. The van der Waals surface area contributed by atoms with E-state index >= 15 is 0 Å². The van der Waals surface area contributed by atoms with Crippen LogP contribution < -0.4 is 0 Å². The fraction of sp³-hybridized carbons (Fsp3) is 0.364. The molecule has 0 spiro atoms. The summed E-state index contributed by atoms with van der Waals surface area (Å²) < 4.78 is 12.2. The van der Waals surface area contributed by atoms with Gasteiger partial charge in [-0.05, 0) is 0 Å². The van der Waals surface area contributed by atoms with Gasteiger partial charge in [-0.1, -0.05) is 0 Å². The number of halogens is 2. The van der Waals surface area contributed by atoms with E-state index in [-0.39, 0.29) is 42.3 Å². The van der Waals surface area contributed by atoms with E-state index in [0.717, 1.165) is 0 Å². The minimum atomic E-state index is -2.82. The van der Waals surface area contributed by atoms with Crippen LogP contribution >= 0.6 is 24.8 Å². The average molecular weight is 806 g/mol. The molecule has 0 aromatic heterocycles. The first-order valence-electron chi connectivity index (χ1n) is 17.6. The maximum Gasteiger partial charge on any atom is -0.147 e. The Hall–Kier alpha value is -2.04. The van der Waals surface area contributed by atoms with E-state index in [4.69, 9.17) is 9.47 Å². The van der Waals surface area contributed by atoms with Crippen molar-refractivity contribution < 1.29 is 30.4 Å². The van der Waals surface area contributed by atoms with Crippen molar-refractivity contribution in [3.63, 3.8) is 0 Å². The molecule has 0 saturated carbocycles. The summed E-state index contributed by atoms with van der Waals surface area (Å²) in [6, 6.07) is 37.7.